The lowest BCUT2D eigenvalue weighted by atomic mass is 10.00. The van der Waals surface area contributed by atoms with Crippen LogP contribution < -0.4 is 10.6 Å². The molecule has 0 spiro atoms. The number of esters is 1. The zero-order chi connectivity index (χ0) is 30.6. The van der Waals surface area contributed by atoms with Crippen molar-refractivity contribution in [2.75, 3.05) is 6.54 Å². The highest BCUT2D eigenvalue weighted by molar-refractivity contribution is 6.23. The Morgan fingerprint density at radius 1 is 0.833 bits per heavy atom. The van der Waals surface area contributed by atoms with Crippen LogP contribution >= 0.6 is 0 Å². The summed E-state index contributed by atoms with van der Waals surface area (Å²) in [6, 6.07) is 18.9. The molecule has 8 heteroatoms. The van der Waals surface area contributed by atoms with Crippen molar-refractivity contribution in [2.45, 2.75) is 78.1 Å². The number of carbonyl (C=O) groups is 4. The van der Waals surface area contributed by atoms with Crippen LogP contribution in [0.1, 0.15) is 86.7 Å². The summed E-state index contributed by atoms with van der Waals surface area (Å²) in [6.07, 6.45) is 0.572. The van der Waals surface area contributed by atoms with Crippen molar-refractivity contribution in [3.8, 4) is 0 Å². The fourth-order valence-corrected chi connectivity index (χ4v) is 5.18. The molecule has 3 aromatic rings. The Morgan fingerprint density at radius 3 is 1.90 bits per heavy atom. The van der Waals surface area contributed by atoms with Crippen molar-refractivity contribution in [2.24, 2.45) is 5.92 Å². The minimum absolute atomic E-state index is 0.00393. The average molecular weight is 572 g/mol. The van der Waals surface area contributed by atoms with Crippen LogP contribution in [-0.2, 0) is 14.3 Å². The first-order valence-electron chi connectivity index (χ1n) is 14.6. The lowest BCUT2D eigenvalue weighted by molar-refractivity contribution is -0.158. The number of amides is 3. The van der Waals surface area contributed by atoms with Crippen molar-refractivity contribution in [1.82, 2.24) is 15.5 Å². The minimum atomic E-state index is -0.922. The molecule has 8 nitrogen and oxygen atoms in total. The maximum absolute atomic E-state index is 13.5. The number of nitrogens with zero attached hydrogens (tertiary/aromatic N) is 1. The van der Waals surface area contributed by atoms with E-state index < -0.39 is 35.5 Å². The summed E-state index contributed by atoms with van der Waals surface area (Å²) in [6.45, 7) is 11.2. The van der Waals surface area contributed by atoms with Crippen molar-refractivity contribution in [1.29, 1.82) is 0 Å². The Morgan fingerprint density at radius 2 is 1.38 bits per heavy atom. The third-order valence-corrected chi connectivity index (χ3v) is 7.25. The summed E-state index contributed by atoms with van der Waals surface area (Å²) in [4.78, 5) is 54.7. The second-order valence-electron chi connectivity index (χ2n) is 12.4. The molecule has 222 valence electrons. The molecule has 42 heavy (non-hydrogen) atoms. The number of rotatable bonds is 11. The van der Waals surface area contributed by atoms with Crippen LogP contribution in [0.3, 0.4) is 0 Å². The summed E-state index contributed by atoms with van der Waals surface area (Å²) in [5.41, 5.74) is 0.917. The quantitative estimate of drug-likeness (QED) is 0.235. The molecule has 0 aromatic heterocycles. The Labute approximate surface area is 247 Å². The van der Waals surface area contributed by atoms with E-state index in [1.54, 1.807) is 32.9 Å². The predicted octanol–water partition coefficient (Wildman–Crippen LogP) is 5.42. The van der Waals surface area contributed by atoms with E-state index in [-0.39, 0.29) is 30.8 Å². The van der Waals surface area contributed by atoms with Crippen LogP contribution in [0.4, 0.5) is 0 Å². The summed E-state index contributed by atoms with van der Waals surface area (Å²) in [5, 5.41) is 8.04. The number of carbonyl (C=O) groups excluding carboxylic acids is 4. The molecule has 0 bridgehead atoms. The molecule has 1 heterocycles. The van der Waals surface area contributed by atoms with Crippen LogP contribution in [0.5, 0.6) is 0 Å². The Balaban J connectivity index is 1.53. The van der Waals surface area contributed by atoms with Gasteiger partial charge in [0.2, 0.25) is 5.91 Å². The fourth-order valence-electron chi connectivity index (χ4n) is 5.18. The van der Waals surface area contributed by atoms with Gasteiger partial charge in [-0.2, -0.15) is 0 Å². The van der Waals surface area contributed by atoms with Crippen molar-refractivity contribution < 1.29 is 23.9 Å². The SMILES string of the molecule is CC(C)C[C@H](N[C@H](CCN1C(=O)c2cc3ccccc3cc2C1=O)C(=O)OC(C)(C)C)C(=O)N[C@@H](C)c1ccccc1. The molecule has 4 rings (SSSR count). The number of benzene rings is 3. The number of ether oxygens (including phenoxy) is 1. The molecule has 0 saturated carbocycles. The highest BCUT2D eigenvalue weighted by Gasteiger charge is 2.38. The van der Waals surface area contributed by atoms with Crippen LogP contribution in [0, 0.1) is 5.92 Å². The van der Waals surface area contributed by atoms with E-state index in [1.165, 1.54) is 4.90 Å². The first kappa shape index (κ1) is 30.9. The first-order valence-corrected chi connectivity index (χ1v) is 14.6. The average Bonchev–Trinajstić information content (AvgIpc) is 3.16. The van der Waals surface area contributed by atoms with E-state index in [4.69, 9.17) is 4.74 Å². The molecule has 3 amide bonds. The van der Waals surface area contributed by atoms with Crippen molar-refractivity contribution in [3.05, 3.63) is 83.4 Å². The molecule has 0 fully saturated rings. The van der Waals surface area contributed by atoms with Gasteiger partial charge in [-0.3, -0.25) is 29.4 Å². The van der Waals surface area contributed by atoms with Gasteiger partial charge in [-0.1, -0.05) is 68.4 Å². The zero-order valence-electron chi connectivity index (χ0n) is 25.3. The fraction of sp³-hybridized carbons (Fsp3) is 0.412. The normalized spacial score (nSPS) is 15.5. The van der Waals surface area contributed by atoms with Crippen molar-refractivity contribution >= 4 is 34.5 Å². The summed E-state index contributed by atoms with van der Waals surface area (Å²) >= 11 is 0. The number of hydrogen-bond acceptors (Lipinski definition) is 6. The Hall–Kier alpha value is -4.04. The van der Waals surface area contributed by atoms with Gasteiger partial charge in [0.15, 0.2) is 0 Å². The van der Waals surface area contributed by atoms with Crippen molar-refractivity contribution in [3.63, 3.8) is 0 Å². The van der Waals surface area contributed by atoms with E-state index in [0.29, 0.717) is 17.5 Å². The van der Waals surface area contributed by atoms with Gasteiger partial charge in [-0.25, -0.2) is 0 Å². The smallest absolute Gasteiger partial charge is 0.323 e. The van der Waals surface area contributed by atoms with Crippen LogP contribution in [-0.4, -0.2) is 52.8 Å². The van der Waals surface area contributed by atoms with Gasteiger partial charge in [-0.15, -0.1) is 0 Å². The molecular formula is C34H41N3O5. The van der Waals surface area contributed by atoms with Crippen LogP contribution in [0.25, 0.3) is 10.8 Å². The van der Waals surface area contributed by atoms with Gasteiger partial charge in [0.1, 0.15) is 11.6 Å². The maximum Gasteiger partial charge on any atom is 0.323 e. The number of hydrogen-bond donors (Lipinski definition) is 2. The summed E-state index contributed by atoms with van der Waals surface area (Å²) < 4.78 is 5.70. The Bertz CT molecular complexity index is 1410. The number of nitrogens with one attached hydrogen (secondary N) is 2. The highest BCUT2D eigenvalue weighted by atomic mass is 16.6. The third kappa shape index (κ3) is 7.42. The molecular weight excluding hydrogens is 530 g/mol. The first-order chi connectivity index (χ1) is 19.8. The second-order valence-corrected chi connectivity index (χ2v) is 12.4. The molecule has 3 atom stereocenters. The monoisotopic (exact) mass is 571 g/mol. The van der Waals surface area contributed by atoms with Gasteiger partial charge in [0.25, 0.3) is 11.8 Å². The van der Waals surface area contributed by atoms with E-state index in [2.05, 4.69) is 10.6 Å². The number of fused-ring (bicyclic) bond motifs is 2. The molecule has 3 aromatic carbocycles. The zero-order valence-corrected chi connectivity index (χ0v) is 25.3. The largest absolute Gasteiger partial charge is 0.459 e. The van der Waals surface area contributed by atoms with Crippen LogP contribution in [0.15, 0.2) is 66.7 Å². The number of imide groups is 1. The molecule has 0 saturated heterocycles. The molecule has 1 aliphatic rings. The minimum Gasteiger partial charge on any atom is -0.459 e. The van der Waals surface area contributed by atoms with Gasteiger partial charge in [0, 0.05) is 6.54 Å². The van der Waals surface area contributed by atoms with Gasteiger partial charge >= 0.3 is 5.97 Å². The Kier molecular flexibility index (Phi) is 9.46. The standard InChI is InChI=1S/C34H41N3O5/c1-21(2)18-29(30(38)35-22(3)23-12-8-7-9-13-23)36-28(33(41)42-34(4,5)6)16-17-37-31(39)26-19-24-14-10-11-15-25(24)20-27(26)32(37)40/h7-15,19-22,28-29,36H,16-18H2,1-6H3,(H,35,38)/t22-,28+,29-/m0/s1. The second kappa shape index (κ2) is 12.9. The highest BCUT2D eigenvalue weighted by Crippen LogP contribution is 2.28. The third-order valence-electron chi connectivity index (χ3n) is 7.25. The molecule has 0 unspecified atom stereocenters. The molecule has 0 radical (unpaired) electrons. The van der Waals surface area contributed by atoms with Gasteiger partial charge in [-0.05, 0) is 74.9 Å². The molecule has 2 N–H and O–H groups in total. The summed E-state index contributed by atoms with van der Waals surface area (Å²) in [7, 11) is 0. The topological polar surface area (TPSA) is 105 Å². The van der Waals surface area contributed by atoms with Gasteiger partial charge < -0.3 is 10.1 Å². The van der Waals surface area contributed by atoms with E-state index in [0.717, 1.165) is 16.3 Å². The summed E-state index contributed by atoms with van der Waals surface area (Å²) in [5.74, 6) is -1.40. The van der Waals surface area contributed by atoms with Gasteiger partial charge in [0.05, 0.1) is 23.2 Å². The lowest BCUT2D eigenvalue weighted by Gasteiger charge is -2.30. The van der Waals surface area contributed by atoms with Crippen LogP contribution in [0.2, 0.25) is 0 Å². The molecule has 0 aliphatic carbocycles. The maximum atomic E-state index is 13.5. The lowest BCUT2D eigenvalue weighted by Crippen LogP contribution is -2.53. The molecule has 1 aliphatic heterocycles. The van der Waals surface area contributed by atoms with E-state index in [1.807, 2.05) is 75.4 Å². The van der Waals surface area contributed by atoms with E-state index >= 15 is 0 Å². The van der Waals surface area contributed by atoms with E-state index in [9.17, 15) is 19.2 Å². The predicted molar refractivity (Wildman–Crippen MR) is 163 cm³/mol.